The summed E-state index contributed by atoms with van der Waals surface area (Å²) >= 11 is 0. The molecular formula is C13H17NO4. The van der Waals surface area contributed by atoms with Crippen LogP contribution in [0.25, 0.3) is 0 Å². The predicted octanol–water partition coefficient (Wildman–Crippen LogP) is 1.98. The highest BCUT2D eigenvalue weighted by atomic mass is 16.5. The molecule has 1 heterocycles. The number of anilines is 1. The van der Waals surface area contributed by atoms with Crippen LogP contribution in [0.15, 0.2) is 18.2 Å². The molecule has 0 aliphatic carbocycles. The number of ether oxygens (including phenoxy) is 2. The molecule has 0 atom stereocenters. The van der Waals surface area contributed by atoms with E-state index in [-0.39, 0.29) is 11.6 Å². The lowest BCUT2D eigenvalue weighted by atomic mass is 10.1. The van der Waals surface area contributed by atoms with Gasteiger partial charge in [-0.2, -0.15) is 0 Å². The summed E-state index contributed by atoms with van der Waals surface area (Å²) in [6, 6.07) is 5.18. The molecule has 5 heteroatoms. The van der Waals surface area contributed by atoms with Gasteiger partial charge in [0.15, 0.2) is 0 Å². The molecule has 0 saturated carbocycles. The fraction of sp³-hybridized carbons (Fsp3) is 0.462. The third kappa shape index (κ3) is 2.92. The number of hydrogen-bond donors (Lipinski definition) is 2. The zero-order chi connectivity index (χ0) is 13.0. The van der Waals surface area contributed by atoms with Crippen molar-refractivity contribution in [3.05, 3.63) is 23.8 Å². The van der Waals surface area contributed by atoms with Crippen LogP contribution in [-0.2, 0) is 4.74 Å². The lowest BCUT2D eigenvalue weighted by molar-refractivity contribution is 0.0697. The molecule has 1 aromatic carbocycles. The van der Waals surface area contributed by atoms with E-state index in [1.54, 1.807) is 25.3 Å². The third-order valence-corrected chi connectivity index (χ3v) is 3.04. The number of methoxy groups -OCH3 is 1. The molecule has 2 N–H and O–H groups in total. The summed E-state index contributed by atoms with van der Waals surface area (Å²) in [5.41, 5.74) is 0.871. The van der Waals surface area contributed by atoms with E-state index in [2.05, 4.69) is 5.32 Å². The van der Waals surface area contributed by atoms with Gasteiger partial charge in [0.2, 0.25) is 0 Å². The fourth-order valence-corrected chi connectivity index (χ4v) is 2.02. The van der Waals surface area contributed by atoms with Gasteiger partial charge >= 0.3 is 5.97 Å². The predicted molar refractivity (Wildman–Crippen MR) is 67.4 cm³/mol. The summed E-state index contributed by atoms with van der Waals surface area (Å²) < 4.78 is 10.4. The molecule has 0 amide bonds. The van der Waals surface area contributed by atoms with Gasteiger partial charge in [-0.3, -0.25) is 0 Å². The minimum Gasteiger partial charge on any atom is -0.497 e. The SMILES string of the molecule is COc1ccc(C(=O)O)c(NC2CCOCC2)c1. The Morgan fingerprint density at radius 3 is 2.78 bits per heavy atom. The Morgan fingerprint density at radius 1 is 1.44 bits per heavy atom. The molecule has 0 unspecified atom stereocenters. The maximum Gasteiger partial charge on any atom is 0.337 e. The van der Waals surface area contributed by atoms with Crippen molar-refractivity contribution in [3.8, 4) is 5.75 Å². The van der Waals surface area contributed by atoms with Crippen LogP contribution < -0.4 is 10.1 Å². The smallest absolute Gasteiger partial charge is 0.337 e. The Balaban J connectivity index is 2.19. The molecule has 0 radical (unpaired) electrons. The van der Waals surface area contributed by atoms with Crippen LogP contribution in [0.5, 0.6) is 5.75 Å². The topological polar surface area (TPSA) is 67.8 Å². The van der Waals surface area contributed by atoms with Gasteiger partial charge in [-0.05, 0) is 25.0 Å². The van der Waals surface area contributed by atoms with Crippen LogP contribution in [-0.4, -0.2) is 37.4 Å². The van der Waals surface area contributed by atoms with E-state index in [0.29, 0.717) is 24.7 Å². The Bertz CT molecular complexity index is 427. The first kappa shape index (κ1) is 12.7. The molecule has 1 aliphatic heterocycles. The van der Waals surface area contributed by atoms with Crippen molar-refractivity contribution >= 4 is 11.7 Å². The minimum atomic E-state index is -0.938. The highest BCUT2D eigenvalue weighted by molar-refractivity contribution is 5.94. The Morgan fingerprint density at radius 2 is 2.17 bits per heavy atom. The van der Waals surface area contributed by atoms with E-state index >= 15 is 0 Å². The van der Waals surface area contributed by atoms with Crippen LogP contribution in [0, 0.1) is 0 Å². The Hall–Kier alpha value is -1.75. The van der Waals surface area contributed by atoms with Crippen LogP contribution in [0.3, 0.4) is 0 Å². The largest absolute Gasteiger partial charge is 0.497 e. The van der Waals surface area contributed by atoms with Gasteiger partial charge in [-0.1, -0.05) is 0 Å². The van der Waals surface area contributed by atoms with Gasteiger partial charge in [-0.15, -0.1) is 0 Å². The van der Waals surface area contributed by atoms with Crippen molar-refractivity contribution in [1.29, 1.82) is 0 Å². The molecule has 1 aliphatic rings. The summed E-state index contributed by atoms with van der Waals surface area (Å²) in [4.78, 5) is 11.2. The van der Waals surface area contributed by atoms with Crippen molar-refractivity contribution in [1.82, 2.24) is 0 Å². The molecule has 98 valence electrons. The van der Waals surface area contributed by atoms with Crippen molar-refractivity contribution in [3.63, 3.8) is 0 Å². The third-order valence-electron chi connectivity index (χ3n) is 3.04. The zero-order valence-corrected chi connectivity index (χ0v) is 10.3. The first-order valence-corrected chi connectivity index (χ1v) is 5.96. The number of aromatic carboxylic acids is 1. The summed E-state index contributed by atoms with van der Waals surface area (Å²) in [5, 5.41) is 12.4. The fourth-order valence-electron chi connectivity index (χ4n) is 2.02. The molecule has 5 nitrogen and oxygen atoms in total. The molecule has 0 spiro atoms. The van der Waals surface area contributed by atoms with Crippen molar-refractivity contribution in [2.45, 2.75) is 18.9 Å². The van der Waals surface area contributed by atoms with Crippen molar-refractivity contribution in [2.24, 2.45) is 0 Å². The minimum absolute atomic E-state index is 0.254. The Kier molecular flexibility index (Phi) is 4.04. The first-order valence-electron chi connectivity index (χ1n) is 5.96. The second-order valence-electron chi connectivity index (χ2n) is 4.25. The van der Waals surface area contributed by atoms with Crippen LogP contribution in [0.1, 0.15) is 23.2 Å². The number of rotatable bonds is 4. The average Bonchev–Trinajstić information content (AvgIpc) is 2.39. The quantitative estimate of drug-likeness (QED) is 0.856. The summed E-state index contributed by atoms with van der Waals surface area (Å²) in [7, 11) is 1.56. The molecule has 0 aromatic heterocycles. The van der Waals surface area contributed by atoms with Gasteiger partial charge in [-0.25, -0.2) is 4.79 Å². The number of hydrogen-bond acceptors (Lipinski definition) is 4. The van der Waals surface area contributed by atoms with E-state index in [9.17, 15) is 4.79 Å². The molecule has 18 heavy (non-hydrogen) atoms. The molecular weight excluding hydrogens is 234 g/mol. The lowest BCUT2D eigenvalue weighted by Gasteiger charge is -2.25. The van der Waals surface area contributed by atoms with Gasteiger partial charge in [0.25, 0.3) is 0 Å². The van der Waals surface area contributed by atoms with E-state index in [1.807, 2.05) is 0 Å². The maximum absolute atomic E-state index is 11.2. The molecule has 0 bridgehead atoms. The number of carboxylic acids is 1. The van der Waals surface area contributed by atoms with Crippen LogP contribution >= 0.6 is 0 Å². The van der Waals surface area contributed by atoms with E-state index in [4.69, 9.17) is 14.6 Å². The summed E-state index contributed by atoms with van der Waals surface area (Å²) in [6.07, 6.45) is 1.77. The van der Waals surface area contributed by atoms with E-state index in [1.165, 1.54) is 0 Å². The van der Waals surface area contributed by atoms with E-state index < -0.39 is 5.97 Å². The van der Waals surface area contributed by atoms with Gasteiger partial charge < -0.3 is 19.9 Å². The number of carboxylic acid groups (broad SMARTS) is 1. The maximum atomic E-state index is 11.2. The standard InChI is InChI=1S/C13H17NO4/c1-17-10-2-3-11(13(15)16)12(8-10)14-9-4-6-18-7-5-9/h2-3,8-9,14H,4-7H2,1H3,(H,15,16). The van der Waals surface area contributed by atoms with Gasteiger partial charge in [0.05, 0.1) is 18.4 Å². The second-order valence-corrected chi connectivity index (χ2v) is 4.25. The van der Waals surface area contributed by atoms with Crippen molar-refractivity contribution < 1.29 is 19.4 Å². The molecule has 2 rings (SSSR count). The summed E-state index contributed by atoms with van der Waals surface area (Å²) in [5.74, 6) is -0.290. The van der Waals surface area contributed by atoms with Gasteiger partial charge in [0.1, 0.15) is 5.75 Å². The highest BCUT2D eigenvalue weighted by Crippen LogP contribution is 2.25. The first-order chi connectivity index (χ1) is 8.70. The summed E-state index contributed by atoms with van der Waals surface area (Å²) in [6.45, 7) is 1.42. The van der Waals surface area contributed by atoms with Gasteiger partial charge in [0, 0.05) is 25.3 Å². The number of carbonyl (C=O) groups is 1. The zero-order valence-electron chi connectivity index (χ0n) is 10.3. The van der Waals surface area contributed by atoms with Crippen LogP contribution in [0.4, 0.5) is 5.69 Å². The average molecular weight is 251 g/mol. The second kappa shape index (κ2) is 5.73. The lowest BCUT2D eigenvalue weighted by Crippen LogP contribution is -2.28. The van der Waals surface area contributed by atoms with Crippen molar-refractivity contribution in [2.75, 3.05) is 25.6 Å². The van der Waals surface area contributed by atoms with E-state index in [0.717, 1.165) is 12.8 Å². The molecule has 1 fully saturated rings. The molecule has 1 saturated heterocycles. The number of benzene rings is 1. The molecule has 1 aromatic rings. The van der Waals surface area contributed by atoms with Crippen LogP contribution in [0.2, 0.25) is 0 Å². The monoisotopic (exact) mass is 251 g/mol. The number of nitrogens with one attached hydrogen (secondary N) is 1. The highest BCUT2D eigenvalue weighted by Gasteiger charge is 2.17. The Labute approximate surface area is 106 Å². The normalized spacial score (nSPS) is 16.3.